The molecular weight excluding hydrogens is 620 g/mol. The van der Waals surface area contributed by atoms with Crippen LogP contribution in [0.5, 0.6) is 0 Å². The Morgan fingerprint density at radius 3 is 2.35 bits per heavy atom. The summed E-state index contributed by atoms with van der Waals surface area (Å²) in [4.78, 5) is 33.3. The number of likely N-dealkylation sites (tertiary alicyclic amines) is 2. The van der Waals surface area contributed by atoms with Crippen molar-refractivity contribution < 1.29 is 9.59 Å². The van der Waals surface area contributed by atoms with Crippen molar-refractivity contribution >= 4 is 55.4 Å². The highest BCUT2D eigenvalue weighted by atomic mass is 79.9. The van der Waals surface area contributed by atoms with E-state index in [0.717, 1.165) is 71.3 Å². The minimum absolute atomic E-state index is 0.234. The number of hydrogen-bond acceptors (Lipinski definition) is 3. The first-order valence-corrected chi connectivity index (χ1v) is 15.1. The lowest BCUT2D eigenvalue weighted by molar-refractivity contribution is -0.134. The van der Waals surface area contributed by atoms with Gasteiger partial charge in [-0.3, -0.25) is 9.78 Å². The Balaban J connectivity index is 1.35. The highest BCUT2D eigenvalue weighted by molar-refractivity contribution is 9.10. The summed E-state index contributed by atoms with van der Waals surface area (Å²) in [6.45, 7) is 5.14. The molecule has 1 aliphatic carbocycles. The number of rotatable bonds is 3. The van der Waals surface area contributed by atoms with Gasteiger partial charge in [-0.05, 0) is 108 Å². The maximum absolute atomic E-state index is 13.2. The third kappa shape index (κ3) is 5.30. The minimum atomic E-state index is -0.363. The van der Waals surface area contributed by atoms with Crippen LogP contribution in [0.4, 0.5) is 4.79 Å². The van der Waals surface area contributed by atoms with E-state index in [1.807, 2.05) is 17.2 Å². The summed E-state index contributed by atoms with van der Waals surface area (Å²) in [6, 6.07) is 5.97. The maximum Gasteiger partial charge on any atom is 0.314 e. The zero-order chi connectivity index (χ0) is 26.3. The first-order valence-electron chi connectivity index (χ1n) is 13.1. The number of hydrogen-bond donors (Lipinski definition) is 1. The molecule has 2 N–H and O–H groups in total. The van der Waals surface area contributed by atoms with Gasteiger partial charge in [0.1, 0.15) is 0 Å². The molecule has 1 aromatic carbocycles. The molecular formula is C28H33Br2ClN4O2. The van der Waals surface area contributed by atoms with E-state index >= 15 is 0 Å². The lowest BCUT2D eigenvalue weighted by atomic mass is 9.64. The molecule has 0 spiro atoms. The first-order chi connectivity index (χ1) is 17.7. The van der Waals surface area contributed by atoms with Crippen molar-refractivity contribution in [1.82, 2.24) is 14.8 Å². The predicted molar refractivity (Wildman–Crippen MR) is 153 cm³/mol. The molecule has 2 aliphatic heterocycles. The van der Waals surface area contributed by atoms with Crippen LogP contribution in [0.15, 0.2) is 33.3 Å². The molecule has 0 bridgehead atoms. The standard InChI is InChI=1S/C28H33Br2ClN4O2/c1-28(20-6-10-34(11-7-20)24(36)12-17-4-8-35(9-5-17)27(32)37)25-18(14-22(31)15-23(25)30)2-3-19-13-21(29)16-33-26(19)28/h13-17,20H,2-12H2,1H3,(H2,32,37). The van der Waals surface area contributed by atoms with E-state index < -0.39 is 0 Å². The number of benzene rings is 1. The topological polar surface area (TPSA) is 79.5 Å². The number of pyridine rings is 1. The molecule has 9 heteroatoms. The van der Waals surface area contributed by atoms with Crippen LogP contribution in [-0.2, 0) is 23.1 Å². The van der Waals surface area contributed by atoms with Crippen molar-refractivity contribution in [3.63, 3.8) is 0 Å². The molecule has 1 unspecified atom stereocenters. The molecule has 1 atom stereocenters. The molecule has 37 heavy (non-hydrogen) atoms. The average molecular weight is 653 g/mol. The largest absolute Gasteiger partial charge is 0.351 e. The van der Waals surface area contributed by atoms with Gasteiger partial charge in [0.05, 0.1) is 5.69 Å². The quantitative estimate of drug-likeness (QED) is 0.437. The van der Waals surface area contributed by atoms with Crippen molar-refractivity contribution in [2.24, 2.45) is 17.6 Å². The number of nitrogens with two attached hydrogens (primary N) is 1. The minimum Gasteiger partial charge on any atom is -0.351 e. The van der Waals surface area contributed by atoms with Gasteiger partial charge in [0.25, 0.3) is 0 Å². The average Bonchev–Trinajstić information content (AvgIpc) is 2.99. The van der Waals surface area contributed by atoms with Crippen molar-refractivity contribution in [2.45, 2.75) is 57.3 Å². The van der Waals surface area contributed by atoms with E-state index in [1.54, 1.807) is 4.90 Å². The molecule has 198 valence electrons. The van der Waals surface area contributed by atoms with E-state index in [0.29, 0.717) is 31.3 Å². The molecule has 3 amide bonds. The van der Waals surface area contributed by atoms with E-state index in [1.165, 1.54) is 16.7 Å². The Bertz CT molecular complexity index is 1210. The third-order valence-electron chi connectivity index (χ3n) is 8.80. The van der Waals surface area contributed by atoms with E-state index in [-0.39, 0.29) is 17.4 Å². The molecule has 3 heterocycles. The van der Waals surface area contributed by atoms with Gasteiger partial charge in [-0.2, -0.15) is 0 Å². The fraction of sp³-hybridized carbons (Fsp3) is 0.536. The van der Waals surface area contributed by atoms with Crippen LogP contribution in [0.3, 0.4) is 0 Å². The van der Waals surface area contributed by atoms with Gasteiger partial charge in [0, 0.05) is 58.2 Å². The molecule has 1 aromatic heterocycles. The summed E-state index contributed by atoms with van der Waals surface area (Å²) in [5, 5.41) is 0.746. The molecule has 6 nitrogen and oxygen atoms in total. The lowest BCUT2D eigenvalue weighted by Crippen LogP contribution is -2.46. The molecule has 0 radical (unpaired) electrons. The monoisotopic (exact) mass is 650 g/mol. The van der Waals surface area contributed by atoms with Gasteiger partial charge in [-0.25, -0.2) is 4.79 Å². The molecule has 2 fully saturated rings. The number of aromatic nitrogens is 1. The number of piperidine rings is 2. The van der Waals surface area contributed by atoms with Gasteiger partial charge in [0.15, 0.2) is 0 Å². The first kappa shape index (κ1) is 26.9. The molecule has 0 saturated carbocycles. The summed E-state index contributed by atoms with van der Waals surface area (Å²) in [6.07, 6.45) is 7.84. The van der Waals surface area contributed by atoms with Crippen LogP contribution in [0, 0.1) is 11.8 Å². The SMILES string of the molecule is CC1(C2CCN(C(=O)CC3CCN(C(N)=O)CC3)CC2)c2ncc(Br)cc2CCc2cc(Cl)cc(Br)c21. The number of halogens is 3. The van der Waals surface area contributed by atoms with E-state index in [9.17, 15) is 9.59 Å². The van der Waals surface area contributed by atoms with Crippen LogP contribution in [0.25, 0.3) is 0 Å². The lowest BCUT2D eigenvalue weighted by Gasteiger charge is -2.44. The Morgan fingerprint density at radius 2 is 1.68 bits per heavy atom. The Morgan fingerprint density at radius 1 is 1.03 bits per heavy atom. The molecule has 5 rings (SSSR count). The second kappa shape index (κ2) is 10.9. The number of amides is 3. The highest BCUT2D eigenvalue weighted by Gasteiger charge is 2.45. The molecule has 2 aromatic rings. The number of carbonyl (C=O) groups is 2. The predicted octanol–water partition coefficient (Wildman–Crippen LogP) is 6.08. The zero-order valence-electron chi connectivity index (χ0n) is 21.1. The van der Waals surface area contributed by atoms with Crippen LogP contribution >= 0.6 is 43.5 Å². The second-order valence-corrected chi connectivity index (χ2v) is 13.1. The smallest absolute Gasteiger partial charge is 0.314 e. The van der Waals surface area contributed by atoms with Gasteiger partial charge in [0.2, 0.25) is 5.91 Å². The number of urea groups is 1. The number of primary amides is 1. The van der Waals surface area contributed by atoms with Crippen molar-refractivity contribution in [3.05, 3.63) is 60.7 Å². The normalized spacial score (nSPS) is 22.8. The number of fused-ring (bicyclic) bond motifs is 2. The van der Waals surface area contributed by atoms with Crippen LogP contribution in [0.2, 0.25) is 5.02 Å². The summed E-state index contributed by atoms with van der Waals surface area (Å²) in [5.41, 5.74) is 10.1. The fourth-order valence-corrected chi connectivity index (χ4v) is 8.43. The number of nitrogens with zero attached hydrogens (tertiary/aromatic N) is 3. The summed E-state index contributed by atoms with van der Waals surface area (Å²) in [7, 11) is 0. The zero-order valence-corrected chi connectivity index (χ0v) is 25.0. The highest BCUT2D eigenvalue weighted by Crippen LogP contribution is 2.50. The Labute approximate surface area is 240 Å². The summed E-state index contributed by atoms with van der Waals surface area (Å²) >= 11 is 14.0. The van der Waals surface area contributed by atoms with Crippen LogP contribution in [0.1, 0.15) is 61.4 Å². The number of carbonyl (C=O) groups excluding carboxylic acids is 2. The Hall–Kier alpha value is -1.64. The van der Waals surface area contributed by atoms with Crippen molar-refractivity contribution in [1.29, 1.82) is 0 Å². The van der Waals surface area contributed by atoms with Gasteiger partial charge < -0.3 is 15.5 Å². The molecule has 2 saturated heterocycles. The maximum atomic E-state index is 13.2. The Kier molecular flexibility index (Phi) is 7.90. The van der Waals surface area contributed by atoms with Crippen LogP contribution < -0.4 is 5.73 Å². The molecule has 3 aliphatic rings. The van der Waals surface area contributed by atoms with E-state index in [4.69, 9.17) is 22.3 Å². The van der Waals surface area contributed by atoms with Gasteiger partial charge in [-0.15, -0.1) is 0 Å². The van der Waals surface area contributed by atoms with Gasteiger partial charge >= 0.3 is 6.03 Å². The third-order valence-corrected chi connectivity index (χ3v) is 10.1. The van der Waals surface area contributed by atoms with Crippen molar-refractivity contribution in [2.75, 3.05) is 26.2 Å². The summed E-state index contributed by atoms with van der Waals surface area (Å²) in [5.74, 6) is 0.900. The van der Waals surface area contributed by atoms with E-state index in [2.05, 4.69) is 50.9 Å². The number of aryl methyl sites for hydroxylation is 2. The summed E-state index contributed by atoms with van der Waals surface area (Å²) < 4.78 is 2.04. The van der Waals surface area contributed by atoms with Crippen LogP contribution in [-0.4, -0.2) is 52.9 Å². The fourth-order valence-electron chi connectivity index (χ4n) is 6.77. The second-order valence-electron chi connectivity index (χ2n) is 10.9. The van der Waals surface area contributed by atoms with Crippen molar-refractivity contribution in [3.8, 4) is 0 Å². The van der Waals surface area contributed by atoms with Gasteiger partial charge in [-0.1, -0.05) is 27.5 Å².